The summed E-state index contributed by atoms with van der Waals surface area (Å²) in [7, 11) is 2.22. The second kappa shape index (κ2) is 4.28. The largest absolute Gasteiger partial charge is 0.361 e. The van der Waals surface area contributed by atoms with Crippen LogP contribution in [0.4, 0.5) is 0 Å². The van der Waals surface area contributed by atoms with Crippen molar-refractivity contribution in [2.45, 2.75) is 50.3 Å². The molecule has 3 nitrogen and oxygen atoms in total. The fraction of sp³-hybridized carbons (Fsp3) is 1.00. The zero-order valence-corrected chi connectivity index (χ0v) is 10.4. The normalized spacial score (nSPS) is 42.2. The molecule has 0 amide bonds. The fourth-order valence-electron chi connectivity index (χ4n) is 3.22. The first-order valence-electron chi connectivity index (χ1n) is 6.88. The van der Waals surface area contributed by atoms with Crippen LogP contribution in [0, 0.1) is 5.92 Å². The molecular formula is C13H24N2O. The van der Waals surface area contributed by atoms with E-state index in [0.717, 1.165) is 25.0 Å². The van der Waals surface area contributed by atoms with E-state index in [1.54, 1.807) is 0 Å². The van der Waals surface area contributed by atoms with Crippen molar-refractivity contribution in [1.82, 2.24) is 10.2 Å². The zero-order chi connectivity index (χ0) is 11.0. The summed E-state index contributed by atoms with van der Waals surface area (Å²) in [5.41, 5.74) is 0.0241. The van der Waals surface area contributed by atoms with Gasteiger partial charge in [-0.05, 0) is 51.6 Å². The third kappa shape index (κ3) is 2.27. The van der Waals surface area contributed by atoms with Crippen LogP contribution in [-0.2, 0) is 4.74 Å². The molecule has 3 fully saturated rings. The van der Waals surface area contributed by atoms with Crippen molar-refractivity contribution in [2.75, 3.05) is 26.7 Å². The topological polar surface area (TPSA) is 24.5 Å². The van der Waals surface area contributed by atoms with Gasteiger partial charge in [0.2, 0.25) is 0 Å². The molecule has 1 N–H and O–H groups in total. The number of ether oxygens (including phenoxy) is 1. The number of nitrogens with one attached hydrogen (secondary N) is 1. The zero-order valence-electron chi connectivity index (χ0n) is 10.4. The molecule has 0 bridgehead atoms. The molecule has 0 aromatic rings. The molecule has 1 spiro atoms. The lowest BCUT2D eigenvalue weighted by Crippen LogP contribution is -2.57. The van der Waals surface area contributed by atoms with Gasteiger partial charge < -0.3 is 9.64 Å². The molecule has 92 valence electrons. The molecule has 0 radical (unpaired) electrons. The van der Waals surface area contributed by atoms with Crippen LogP contribution >= 0.6 is 0 Å². The Kier molecular flexibility index (Phi) is 2.94. The summed E-state index contributed by atoms with van der Waals surface area (Å²) in [5.74, 6) is 0.960. The van der Waals surface area contributed by atoms with Crippen molar-refractivity contribution in [3.05, 3.63) is 0 Å². The third-order valence-corrected chi connectivity index (χ3v) is 4.46. The maximum absolute atomic E-state index is 6.11. The first-order chi connectivity index (χ1) is 7.77. The minimum atomic E-state index is 0.0241. The molecule has 2 saturated heterocycles. The van der Waals surface area contributed by atoms with Crippen LogP contribution in [0.5, 0.6) is 0 Å². The highest BCUT2D eigenvalue weighted by atomic mass is 16.5. The molecule has 3 rings (SSSR count). The van der Waals surface area contributed by atoms with Crippen molar-refractivity contribution in [1.29, 1.82) is 0 Å². The minimum absolute atomic E-state index is 0.0241. The SMILES string of the molecule is CN1CCCC2(CC1)NC(C1CC1)CCO2. The van der Waals surface area contributed by atoms with Gasteiger partial charge in [0.1, 0.15) is 5.72 Å². The monoisotopic (exact) mass is 224 g/mol. The van der Waals surface area contributed by atoms with E-state index in [9.17, 15) is 0 Å². The quantitative estimate of drug-likeness (QED) is 0.732. The van der Waals surface area contributed by atoms with Gasteiger partial charge in [-0.15, -0.1) is 0 Å². The molecule has 2 unspecified atom stereocenters. The van der Waals surface area contributed by atoms with E-state index in [1.807, 2.05) is 0 Å². The average Bonchev–Trinajstić information content (AvgIpc) is 3.10. The van der Waals surface area contributed by atoms with E-state index >= 15 is 0 Å². The van der Waals surface area contributed by atoms with E-state index in [4.69, 9.17) is 4.74 Å². The third-order valence-electron chi connectivity index (χ3n) is 4.46. The maximum atomic E-state index is 6.11. The van der Waals surface area contributed by atoms with E-state index in [-0.39, 0.29) is 5.72 Å². The molecule has 2 heterocycles. The lowest BCUT2D eigenvalue weighted by molar-refractivity contribution is -0.120. The van der Waals surface area contributed by atoms with Gasteiger partial charge in [0.05, 0.1) is 6.61 Å². The molecule has 1 aliphatic carbocycles. The summed E-state index contributed by atoms with van der Waals surface area (Å²) in [6.07, 6.45) is 7.72. The van der Waals surface area contributed by atoms with Gasteiger partial charge in [0.15, 0.2) is 0 Å². The van der Waals surface area contributed by atoms with Crippen LogP contribution in [0.1, 0.15) is 38.5 Å². The molecule has 0 aromatic carbocycles. The molecule has 1 saturated carbocycles. The Hall–Kier alpha value is -0.120. The molecule has 3 heteroatoms. The number of rotatable bonds is 1. The van der Waals surface area contributed by atoms with Crippen LogP contribution < -0.4 is 5.32 Å². The van der Waals surface area contributed by atoms with Gasteiger partial charge in [0.25, 0.3) is 0 Å². The lowest BCUT2D eigenvalue weighted by Gasteiger charge is -2.42. The first kappa shape index (κ1) is 11.0. The van der Waals surface area contributed by atoms with Crippen LogP contribution in [-0.4, -0.2) is 43.4 Å². The first-order valence-corrected chi connectivity index (χ1v) is 6.88. The highest BCUT2D eigenvalue weighted by Crippen LogP contribution is 2.38. The van der Waals surface area contributed by atoms with Crippen LogP contribution in [0.2, 0.25) is 0 Å². The van der Waals surface area contributed by atoms with Gasteiger partial charge in [0, 0.05) is 19.0 Å². The second-order valence-electron chi connectivity index (χ2n) is 5.88. The summed E-state index contributed by atoms with van der Waals surface area (Å²) in [6.45, 7) is 3.36. The molecule has 2 aliphatic heterocycles. The van der Waals surface area contributed by atoms with Gasteiger partial charge >= 0.3 is 0 Å². The Bertz CT molecular complexity index is 254. The lowest BCUT2D eigenvalue weighted by atomic mass is 9.97. The van der Waals surface area contributed by atoms with Gasteiger partial charge in [-0.1, -0.05) is 0 Å². The predicted molar refractivity (Wildman–Crippen MR) is 64.3 cm³/mol. The summed E-state index contributed by atoms with van der Waals surface area (Å²) < 4.78 is 6.11. The highest BCUT2D eigenvalue weighted by Gasteiger charge is 2.42. The van der Waals surface area contributed by atoms with Crippen molar-refractivity contribution < 1.29 is 4.74 Å². The molecular weight excluding hydrogens is 200 g/mol. The predicted octanol–water partition coefficient (Wildman–Crippen LogP) is 1.59. The molecule has 3 aliphatic rings. The van der Waals surface area contributed by atoms with E-state index in [2.05, 4.69) is 17.3 Å². The summed E-state index contributed by atoms with van der Waals surface area (Å²) >= 11 is 0. The summed E-state index contributed by atoms with van der Waals surface area (Å²) in [4.78, 5) is 2.43. The molecule has 2 atom stereocenters. The minimum Gasteiger partial charge on any atom is -0.361 e. The number of hydrogen-bond donors (Lipinski definition) is 1. The molecule has 16 heavy (non-hydrogen) atoms. The Morgan fingerprint density at radius 2 is 2.06 bits per heavy atom. The maximum Gasteiger partial charge on any atom is 0.120 e. The molecule has 0 aromatic heterocycles. The van der Waals surface area contributed by atoms with Crippen molar-refractivity contribution >= 4 is 0 Å². The Morgan fingerprint density at radius 3 is 2.88 bits per heavy atom. The highest BCUT2D eigenvalue weighted by molar-refractivity contribution is 4.95. The second-order valence-corrected chi connectivity index (χ2v) is 5.88. The van der Waals surface area contributed by atoms with Crippen molar-refractivity contribution in [3.63, 3.8) is 0 Å². The van der Waals surface area contributed by atoms with E-state index in [0.29, 0.717) is 0 Å². The van der Waals surface area contributed by atoms with Crippen molar-refractivity contribution in [2.24, 2.45) is 5.92 Å². The van der Waals surface area contributed by atoms with Crippen LogP contribution in [0.25, 0.3) is 0 Å². The number of hydrogen-bond acceptors (Lipinski definition) is 3. The Morgan fingerprint density at radius 1 is 1.19 bits per heavy atom. The standard InChI is InChI=1S/C13H24N2O/c1-15-8-2-6-13(7-9-15)14-12(5-10-16-13)11-3-4-11/h11-12,14H,2-10H2,1H3. The number of nitrogens with zero attached hydrogens (tertiary/aromatic N) is 1. The summed E-state index contributed by atoms with van der Waals surface area (Å²) in [6, 6.07) is 0.747. The van der Waals surface area contributed by atoms with Gasteiger partial charge in [-0.2, -0.15) is 0 Å². The summed E-state index contributed by atoms with van der Waals surface area (Å²) in [5, 5.41) is 3.84. The number of likely N-dealkylation sites (tertiary alicyclic amines) is 1. The van der Waals surface area contributed by atoms with Gasteiger partial charge in [-0.25, -0.2) is 0 Å². The van der Waals surface area contributed by atoms with Crippen molar-refractivity contribution in [3.8, 4) is 0 Å². The van der Waals surface area contributed by atoms with Gasteiger partial charge in [-0.3, -0.25) is 5.32 Å². The smallest absolute Gasteiger partial charge is 0.120 e. The Balaban J connectivity index is 1.65. The average molecular weight is 224 g/mol. The van der Waals surface area contributed by atoms with E-state index < -0.39 is 0 Å². The fourth-order valence-corrected chi connectivity index (χ4v) is 3.22. The van der Waals surface area contributed by atoms with Crippen LogP contribution in [0.3, 0.4) is 0 Å². The Labute approximate surface area is 98.5 Å². The van der Waals surface area contributed by atoms with Crippen LogP contribution in [0.15, 0.2) is 0 Å². The van der Waals surface area contributed by atoms with E-state index in [1.165, 1.54) is 45.2 Å².